The number of aromatic nitrogens is 1. The number of hydrogen-bond acceptors (Lipinski definition) is 5. The zero-order chi connectivity index (χ0) is 18.6. The van der Waals surface area contributed by atoms with E-state index in [4.69, 9.17) is 4.74 Å². The summed E-state index contributed by atoms with van der Waals surface area (Å²) in [5.41, 5.74) is 0.963. The van der Waals surface area contributed by atoms with Crippen molar-refractivity contribution in [2.75, 3.05) is 34.3 Å². The highest BCUT2D eigenvalue weighted by Gasteiger charge is 2.10. The molecule has 0 aliphatic carbocycles. The molecule has 0 spiro atoms. The number of fused-ring (bicyclic) bond motifs is 1. The van der Waals surface area contributed by atoms with Crippen LogP contribution in [0.2, 0.25) is 0 Å². The molecule has 0 unspecified atom stereocenters. The molecule has 142 valence electrons. The number of hydrogen-bond donors (Lipinski definition) is 1. The maximum Gasteiger partial charge on any atom is 0.242 e. The van der Waals surface area contributed by atoms with Gasteiger partial charge in [-0.2, -0.15) is 0 Å². The van der Waals surface area contributed by atoms with Gasteiger partial charge in [0.2, 0.25) is 5.88 Å². The van der Waals surface area contributed by atoms with Gasteiger partial charge in [-0.3, -0.25) is 0 Å². The van der Waals surface area contributed by atoms with Gasteiger partial charge in [-0.25, -0.2) is 4.98 Å². The number of phenols is 1. The lowest BCUT2D eigenvalue weighted by atomic mass is 10.1. The molecule has 0 aliphatic rings. The van der Waals surface area contributed by atoms with Crippen LogP contribution in [0, 0.1) is 0 Å². The largest absolute Gasteiger partial charge is 1.00 e. The molecule has 0 aliphatic heterocycles. The third-order valence-electron chi connectivity index (χ3n) is 3.89. The van der Waals surface area contributed by atoms with Crippen LogP contribution in [0.5, 0.6) is 11.6 Å². The van der Waals surface area contributed by atoms with E-state index in [2.05, 4.69) is 36.4 Å². The predicted octanol–water partition coefficient (Wildman–Crippen LogP) is 1.44. The van der Waals surface area contributed by atoms with Crippen LogP contribution >= 0.6 is 0 Å². The molecule has 0 bridgehead atoms. The van der Waals surface area contributed by atoms with Crippen LogP contribution in [-0.4, -0.2) is 48.9 Å². The van der Waals surface area contributed by atoms with Gasteiger partial charge >= 0.3 is 0 Å². The molecule has 1 N–H and O–H groups in total. The quantitative estimate of drug-likeness (QED) is 0.515. The van der Waals surface area contributed by atoms with E-state index in [0.717, 1.165) is 21.8 Å². The minimum Gasteiger partial charge on any atom is -1.00 e. The number of aromatic hydroxyl groups is 1. The van der Waals surface area contributed by atoms with Gasteiger partial charge < -0.3 is 26.7 Å². The smallest absolute Gasteiger partial charge is 0.242 e. The molecule has 6 nitrogen and oxygen atoms in total. The van der Waals surface area contributed by atoms with Crippen molar-refractivity contribution in [3.05, 3.63) is 54.7 Å². The highest BCUT2D eigenvalue weighted by Crippen LogP contribution is 2.36. The van der Waals surface area contributed by atoms with E-state index >= 15 is 0 Å². The van der Waals surface area contributed by atoms with E-state index in [1.807, 2.05) is 30.3 Å². The average Bonchev–Trinajstić information content (AvgIpc) is 2.61. The predicted molar refractivity (Wildman–Crippen MR) is 102 cm³/mol. The number of benzene rings is 2. The molecule has 3 aromatic rings. The highest BCUT2D eigenvalue weighted by atomic mass is 35.5. The Morgan fingerprint density at radius 3 is 2.56 bits per heavy atom. The van der Waals surface area contributed by atoms with Gasteiger partial charge in [0.05, 0.1) is 21.1 Å². The van der Waals surface area contributed by atoms with Gasteiger partial charge in [0.1, 0.15) is 30.3 Å². The Balaban J connectivity index is 0.00000261. The average molecular weight is 387 g/mol. The summed E-state index contributed by atoms with van der Waals surface area (Å²) in [6.45, 7) is 1.37. The molecular formula is C20H23ClN4O2. The Morgan fingerprint density at radius 2 is 1.78 bits per heavy atom. The first-order valence-electron chi connectivity index (χ1n) is 8.45. The third-order valence-corrected chi connectivity index (χ3v) is 3.89. The van der Waals surface area contributed by atoms with Gasteiger partial charge in [-0.1, -0.05) is 30.3 Å². The molecular weight excluding hydrogens is 364 g/mol. The van der Waals surface area contributed by atoms with Crippen LogP contribution in [0.15, 0.2) is 65.0 Å². The Bertz CT molecular complexity index is 939. The molecule has 0 amide bonds. The van der Waals surface area contributed by atoms with E-state index in [9.17, 15) is 5.11 Å². The van der Waals surface area contributed by atoms with Crippen molar-refractivity contribution in [3.63, 3.8) is 0 Å². The van der Waals surface area contributed by atoms with Crippen molar-refractivity contribution in [2.24, 2.45) is 10.2 Å². The molecule has 0 fully saturated rings. The molecule has 0 saturated heterocycles. The second kappa shape index (κ2) is 8.79. The monoisotopic (exact) mass is 386 g/mol. The van der Waals surface area contributed by atoms with Crippen LogP contribution in [0.25, 0.3) is 10.8 Å². The Morgan fingerprint density at radius 1 is 1.00 bits per heavy atom. The number of ether oxygens (including phenoxy) is 1. The van der Waals surface area contributed by atoms with Crippen molar-refractivity contribution in [3.8, 4) is 11.6 Å². The lowest BCUT2D eigenvalue weighted by Gasteiger charge is -2.23. The summed E-state index contributed by atoms with van der Waals surface area (Å²) in [6.07, 6.45) is 1.66. The first kappa shape index (κ1) is 20.6. The Labute approximate surface area is 165 Å². The molecule has 0 saturated carbocycles. The van der Waals surface area contributed by atoms with Crippen molar-refractivity contribution >= 4 is 22.1 Å². The first-order valence-corrected chi connectivity index (χ1v) is 8.45. The topological polar surface area (TPSA) is 67.1 Å². The number of nitrogens with zero attached hydrogens (tertiary/aromatic N) is 4. The minimum atomic E-state index is 0. The lowest BCUT2D eigenvalue weighted by Crippen LogP contribution is -3.00. The first-order chi connectivity index (χ1) is 12.4. The van der Waals surface area contributed by atoms with Gasteiger partial charge in [0, 0.05) is 11.6 Å². The van der Waals surface area contributed by atoms with E-state index in [-0.39, 0.29) is 18.2 Å². The van der Waals surface area contributed by atoms with Gasteiger partial charge in [-0.15, -0.1) is 10.2 Å². The summed E-state index contributed by atoms with van der Waals surface area (Å²) in [5.74, 6) is 0.522. The Kier molecular flexibility index (Phi) is 6.71. The third kappa shape index (κ3) is 5.39. The fourth-order valence-corrected chi connectivity index (χ4v) is 2.44. The Hall–Kier alpha value is -2.70. The van der Waals surface area contributed by atoms with Gasteiger partial charge in [0.25, 0.3) is 0 Å². The summed E-state index contributed by atoms with van der Waals surface area (Å²) < 4.78 is 6.58. The molecule has 7 heteroatoms. The van der Waals surface area contributed by atoms with Crippen molar-refractivity contribution in [1.29, 1.82) is 0 Å². The maximum absolute atomic E-state index is 10.2. The van der Waals surface area contributed by atoms with Crippen molar-refractivity contribution in [1.82, 2.24) is 4.98 Å². The molecule has 2 aromatic carbocycles. The van der Waals surface area contributed by atoms with E-state index in [0.29, 0.717) is 23.9 Å². The molecule has 1 heterocycles. The van der Waals surface area contributed by atoms with Crippen molar-refractivity contribution < 1.29 is 26.7 Å². The summed E-state index contributed by atoms with van der Waals surface area (Å²) in [6, 6.07) is 14.8. The number of phenolic OH excluding ortho intramolecular Hbond substituents is 1. The van der Waals surface area contributed by atoms with Gasteiger partial charge in [0.15, 0.2) is 0 Å². The normalized spacial score (nSPS) is 11.5. The van der Waals surface area contributed by atoms with Crippen LogP contribution in [-0.2, 0) is 0 Å². The summed E-state index contributed by atoms with van der Waals surface area (Å²) >= 11 is 0. The van der Waals surface area contributed by atoms with Crippen molar-refractivity contribution in [2.45, 2.75) is 0 Å². The summed E-state index contributed by atoms with van der Waals surface area (Å²) in [5, 5.41) is 20.6. The number of likely N-dealkylation sites (N-methyl/N-ethyl adjacent to an activating group) is 1. The second-order valence-electron chi connectivity index (χ2n) is 7.04. The molecule has 0 atom stereocenters. The second-order valence-corrected chi connectivity index (χ2v) is 7.04. The maximum atomic E-state index is 10.2. The highest BCUT2D eigenvalue weighted by molar-refractivity contribution is 5.95. The zero-order valence-corrected chi connectivity index (χ0v) is 16.4. The van der Waals surface area contributed by atoms with E-state index in [1.54, 1.807) is 24.4 Å². The number of azo groups is 1. The number of rotatable bonds is 6. The lowest BCUT2D eigenvalue weighted by molar-refractivity contribution is -0.870. The SMILES string of the molecule is C[N+](C)(C)CCOc1ncccc1N=Nc1c(O)ccc2ccccc12.[Cl-]. The number of quaternary nitrogens is 1. The molecule has 3 rings (SSSR count). The van der Waals surface area contributed by atoms with E-state index < -0.39 is 0 Å². The fraction of sp³-hybridized carbons (Fsp3) is 0.250. The summed E-state index contributed by atoms with van der Waals surface area (Å²) in [4.78, 5) is 4.25. The molecule has 0 radical (unpaired) electrons. The molecule has 1 aromatic heterocycles. The number of pyridine rings is 1. The van der Waals surface area contributed by atoms with Crippen LogP contribution in [0.3, 0.4) is 0 Å². The van der Waals surface area contributed by atoms with Gasteiger partial charge in [-0.05, 0) is 23.6 Å². The molecule has 27 heavy (non-hydrogen) atoms. The standard InChI is InChI=1S/C20H22N4O2.ClH/c1-24(2,3)13-14-26-20-17(9-6-12-21-20)22-23-19-16-8-5-4-7-15(16)10-11-18(19)25;/h4-12H,13-14H2,1-3H3;1H. The van der Waals surface area contributed by atoms with Crippen LogP contribution < -0.4 is 17.1 Å². The zero-order valence-electron chi connectivity index (χ0n) is 15.6. The number of halogens is 1. The minimum absolute atomic E-state index is 0. The fourth-order valence-electron chi connectivity index (χ4n) is 2.44. The summed E-state index contributed by atoms with van der Waals surface area (Å²) in [7, 11) is 6.31. The van der Waals surface area contributed by atoms with Crippen LogP contribution in [0.4, 0.5) is 11.4 Å². The van der Waals surface area contributed by atoms with E-state index in [1.165, 1.54) is 0 Å². The van der Waals surface area contributed by atoms with Crippen LogP contribution in [0.1, 0.15) is 0 Å².